The first-order chi connectivity index (χ1) is 12.1. The number of esters is 1. The summed E-state index contributed by atoms with van der Waals surface area (Å²) < 4.78 is 20.5. The fourth-order valence-electron chi connectivity index (χ4n) is 2.11. The molecule has 0 saturated heterocycles. The van der Waals surface area contributed by atoms with Crippen LogP contribution in [0, 0.1) is 0 Å². The van der Waals surface area contributed by atoms with E-state index in [2.05, 4.69) is 10.1 Å². The Kier molecular flexibility index (Phi) is 6.22. The van der Waals surface area contributed by atoms with Gasteiger partial charge >= 0.3 is 5.97 Å². The van der Waals surface area contributed by atoms with E-state index in [9.17, 15) is 9.59 Å². The van der Waals surface area contributed by atoms with Crippen LogP contribution in [0.4, 0.5) is 5.69 Å². The first kappa shape index (κ1) is 18.1. The maximum absolute atomic E-state index is 12.1. The molecule has 132 valence electrons. The van der Waals surface area contributed by atoms with E-state index in [-0.39, 0.29) is 12.5 Å². The summed E-state index contributed by atoms with van der Waals surface area (Å²) in [7, 11) is 4.26. The minimum atomic E-state index is -0.487. The van der Waals surface area contributed by atoms with Crippen molar-refractivity contribution in [2.24, 2.45) is 0 Å². The van der Waals surface area contributed by atoms with Gasteiger partial charge in [-0.25, -0.2) is 4.79 Å². The lowest BCUT2D eigenvalue weighted by Gasteiger charge is -2.13. The van der Waals surface area contributed by atoms with Crippen molar-refractivity contribution in [3.63, 3.8) is 0 Å². The van der Waals surface area contributed by atoms with Crippen molar-refractivity contribution in [2.45, 2.75) is 0 Å². The third-order valence-corrected chi connectivity index (χ3v) is 3.32. The van der Waals surface area contributed by atoms with E-state index in [0.717, 1.165) is 0 Å². The van der Waals surface area contributed by atoms with Gasteiger partial charge < -0.3 is 24.3 Å². The van der Waals surface area contributed by atoms with Gasteiger partial charge in [0.15, 0.2) is 18.1 Å². The maximum atomic E-state index is 12.1. The summed E-state index contributed by atoms with van der Waals surface area (Å²) in [5.74, 6) is 0.372. The smallest absolute Gasteiger partial charge is 0.337 e. The molecule has 2 rings (SSSR count). The summed E-state index contributed by atoms with van der Waals surface area (Å²) in [4.78, 5) is 23.6. The van der Waals surface area contributed by atoms with Gasteiger partial charge in [-0.2, -0.15) is 0 Å². The van der Waals surface area contributed by atoms with Crippen molar-refractivity contribution in [2.75, 3.05) is 33.3 Å². The van der Waals surface area contributed by atoms with Crippen molar-refractivity contribution in [3.8, 4) is 17.2 Å². The Bertz CT molecular complexity index is 759. The number of para-hydroxylation sites is 2. The zero-order valence-electron chi connectivity index (χ0n) is 14.2. The number of anilines is 1. The average Bonchev–Trinajstić information content (AvgIpc) is 2.65. The van der Waals surface area contributed by atoms with E-state index in [1.54, 1.807) is 30.3 Å². The zero-order valence-corrected chi connectivity index (χ0v) is 14.2. The Morgan fingerprint density at radius 2 is 1.64 bits per heavy atom. The molecule has 1 N–H and O–H groups in total. The molecule has 0 heterocycles. The van der Waals surface area contributed by atoms with E-state index >= 15 is 0 Å². The molecule has 0 fully saturated rings. The second-order valence-electron chi connectivity index (χ2n) is 4.89. The fraction of sp³-hybridized carbons (Fsp3) is 0.222. The number of hydrogen-bond donors (Lipinski definition) is 1. The van der Waals surface area contributed by atoms with Crippen LogP contribution in [0.5, 0.6) is 17.2 Å². The maximum Gasteiger partial charge on any atom is 0.337 e. The summed E-state index contributed by atoms with van der Waals surface area (Å²) in [6.07, 6.45) is 0. The number of nitrogens with one attached hydrogen (secondary N) is 1. The molecule has 2 aromatic rings. The van der Waals surface area contributed by atoms with Crippen LogP contribution in [0.25, 0.3) is 0 Å². The van der Waals surface area contributed by atoms with Crippen LogP contribution in [-0.2, 0) is 9.53 Å². The molecule has 0 radical (unpaired) electrons. The molecule has 0 spiro atoms. The van der Waals surface area contributed by atoms with Crippen molar-refractivity contribution in [1.82, 2.24) is 0 Å². The topological polar surface area (TPSA) is 83.1 Å². The number of hydrogen-bond acceptors (Lipinski definition) is 6. The summed E-state index contributed by atoms with van der Waals surface area (Å²) in [6.45, 7) is -0.230. The number of carbonyl (C=O) groups excluding carboxylic acids is 2. The molecule has 0 atom stereocenters. The molecule has 0 unspecified atom stereocenters. The minimum Gasteiger partial charge on any atom is -0.495 e. The standard InChI is InChI=1S/C18H19NO6/c1-22-14-7-5-4-6-13(14)19-17(20)11-25-15-9-8-12(18(21)24-3)10-16(15)23-2/h4-10H,11H2,1-3H3,(H,19,20). The van der Waals surface area contributed by atoms with Gasteiger partial charge in [0.2, 0.25) is 0 Å². The lowest BCUT2D eigenvalue weighted by Crippen LogP contribution is -2.20. The normalized spacial score (nSPS) is 9.88. The third kappa shape index (κ3) is 4.63. The van der Waals surface area contributed by atoms with Gasteiger partial charge in [-0.05, 0) is 30.3 Å². The van der Waals surface area contributed by atoms with Crippen molar-refractivity contribution >= 4 is 17.6 Å². The highest BCUT2D eigenvalue weighted by molar-refractivity contribution is 5.93. The largest absolute Gasteiger partial charge is 0.495 e. The lowest BCUT2D eigenvalue weighted by atomic mass is 10.2. The van der Waals surface area contributed by atoms with Crippen molar-refractivity contribution in [3.05, 3.63) is 48.0 Å². The molecule has 0 aromatic heterocycles. The monoisotopic (exact) mass is 345 g/mol. The Hall–Kier alpha value is -3.22. The molecule has 0 saturated carbocycles. The molecule has 1 amide bonds. The van der Waals surface area contributed by atoms with Gasteiger partial charge in [-0.15, -0.1) is 0 Å². The number of amides is 1. The van der Waals surface area contributed by atoms with Crippen molar-refractivity contribution < 1.29 is 28.5 Å². The van der Waals surface area contributed by atoms with Crippen LogP contribution >= 0.6 is 0 Å². The first-order valence-electron chi connectivity index (χ1n) is 7.41. The summed E-state index contributed by atoms with van der Waals surface area (Å²) in [5.41, 5.74) is 0.872. The van der Waals surface area contributed by atoms with Gasteiger partial charge in [-0.3, -0.25) is 4.79 Å². The van der Waals surface area contributed by atoms with Gasteiger partial charge in [0.25, 0.3) is 5.91 Å². The molecule has 25 heavy (non-hydrogen) atoms. The van der Waals surface area contributed by atoms with Crippen LogP contribution in [0.3, 0.4) is 0 Å². The number of rotatable bonds is 7. The molecule has 0 aliphatic rings. The molecular weight excluding hydrogens is 326 g/mol. The molecule has 0 aliphatic heterocycles. The van der Waals surface area contributed by atoms with Crippen LogP contribution in [0.1, 0.15) is 10.4 Å². The van der Waals surface area contributed by atoms with Gasteiger partial charge in [0, 0.05) is 0 Å². The highest BCUT2D eigenvalue weighted by atomic mass is 16.5. The average molecular weight is 345 g/mol. The highest BCUT2D eigenvalue weighted by Crippen LogP contribution is 2.28. The highest BCUT2D eigenvalue weighted by Gasteiger charge is 2.13. The Morgan fingerprint density at radius 1 is 0.920 bits per heavy atom. The number of methoxy groups -OCH3 is 3. The van der Waals surface area contributed by atoms with Crippen LogP contribution in [0.15, 0.2) is 42.5 Å². The molecule has 2 aromatic carbocycles. The quantitative estimate of drug-likeness (QED) is 0.777. The molecule has 7 nitrogen and oxygen atoms in total. The van der Waals surface area contributed by atoms with E-state index in [1.165, 1.54) is 33.5 Å². The fourth-order valence-corrected chi connectivity index (χ4v) is 2.11. The summed E-state index contributed by atoms with van der Waals surface area (Å²) in [6, 6.07) is 11.6. The van der Waals surface area contributed by atoms with Crippen LogP contribution in [0.2, 0.25) is 0 Å². The molecular formula is C18H19NO6. The van der Waals surface area contributed by atoms with E-state index in [4.69, 9.17) is 14.2 Å². The van der Waals surface area contributed by atoms with Crippen LogP contribution in [-0.4, -0.2) is 39.8 Å². The predicted molar refractivity (Wildman–Crippen MR) is 91.5 cm³/mol. The van der Waals surface area contributed by atoms with E-state index in [1.807, 2.05) is 0 Å². The minimum absolute atomic E-state index is 0.230. The molecule has 0 bridgehead atoms. The first-order valence-corrected chi connectivity index (χ1v) is 7.41. The number of benzene rings is 2. The Morgan fingerprint density at radius 3 is 2.32 bits per heavy atom. The molecule has 7 heteroatoms. The lowest BCUT2D eigenvalue weighted by molar-refractivity contribution is -0.118. The van der Waals surface area contributed by atoms with E-state index < -0.39 is 5.97 Å². The second kappa shape index (κ2) is 8.58. The van der Waals surface area contributed by atoms with Gasteiger partial charge in [0.05, 0.1) is 32.6 Å². The number of carbonyl (C=O) groups is 2. The number of ether oxygens (including phenoxy) is 4. The third-order valence-electron chi connectivity index (χ3n) is 3.32. The SMILES string of the molecule is COC(=O)c1ccc(OCC(=O)Nc2ccccc2OC)c(OC)c1. The van der Waals surface area contributed by atoms with Crippen LogP contribution < -0.4 is 19.5 Å². The van der Waals surface area contributed by atoms with Crippen molar-refractivity contribution in [1.29, 1.82) is 0 Å². The molecule has 0 aliphatic carbocycles. The van der Waals surface area contributed by atoms with Gasteiger partial charge in [-0.1, -0.05) is 12.1 Å². The summed E-state index contributed by atoms with van der Waals surface area (Å²) >= 11 is 0. The Balaban J connectivity index is 2.03. The van der Waals surface area contributed by atoms with Gasteiger partial charge in [0.1, 0.15) is 5.75 Å². The zero-order chi connectivity index (χ0) is 18.2. The van der Waals surface area contributed by atoms with E-state index in [0.29, 0.717) is 28.5 Å². The Labute approximate surface area is 145 Å². The predicted octanol–water partition coefficient (Wildman–Crippen LogP) is 2.51. The summed E-state index contributed by atoms with van der Waals surface area (Å²) in [5, 5.41) is 2.70. The second-order valence-corrected chi connectivity index (χ2v) is 4.89.